The highest BCUT2D eigenvalue weighted by Crippen LogP contribution is 2.24. The average molecular weight is 321 g/mol. The summed E-state index contributed by atoms with van der Waals surface area (Å²) in [4.78, 5) is 10.4. The van der Waals surface area contributed by atoms with Crippen LogP contribution in [0.15, 0.2) is 30.3 Å². The van der Waals surface area contributed by atoms with Gasteiger partial charge in [0, 0.05) is 6.42 Å². The first kappa shape index (κ1) is 23.7. The largest absolute Gasteiger partial charge is 0.466 e. The fraction of sp³-hybridized carbons (Fsp3) is 0.571. The van der Waals surface area contributed by atoms with Gasteiger partial charge in [0.25, 0.3) is 0 Å². The lowest BCUT2D eigenvalue weighted by atomic mass is 9.92. The molecule has 0 unspecified atom stereocenters. The van der Waals surface area contributed by atoms with Crippen molar-refractivity contribution in [2.75, 3.05) is 6.61 Å². The van der Waals surface area contributed by atoms with Crippen molar-refractivity contribution in [2.45, 2.75) is 74.1 Å². The van der Waals surface area contributed by atoms with Gasteiger partial charge >= 0.3 is 5.97 Å². The molecular formula is C21H36O2. The fourth-order valence-corrected chi connectivity index (χ4v) is 2.11. The quantitative estimate of drug-likeness (QED) is 0.599. The van der Waals surface area contributed by atoms with Crippen molar-refractivity contribution >= 4 is 11.5 Å². The maximum absolute atomic E-state index is 10.4. The van der Waals surface area contributed by atoms with Crippen LogP contribution in [-0.4, -0.2) is 12.6 Å². The summed E-state index contributed by atoms with van der Waals surface area (Å²) in [6, 6.07) is 8.67. The van der Waals surface area contributed by atoms with Crippen LogP contribution in [0.4, 0.5) is 0 Å². The Hall–Kier alpha value is -1.57. The van der Waals surface area contributed by atoms with Crippen LogP contribution in [0.2, 0.25) is 0 Å². The summed E-state index contributed by atoms with van der Waals surface area (Å²) in [5.41, 5.74) is 4.39. The van der Waals surface area contributed by atoms with Gasteiger partial charge in [0.15, 0.2) is 0 Å². The Balaban J connectivity index is 0. The van der Waals surface area contributed by atoms with Crippen molar-refractivity contribution in [2.24, 2.45) is 0 Å². The summed E-state index contributed by atoms with van der Waals surface area (Å²) in [5.74, 6) is -0.0880. The molecule has 0 aromatic heterocycles. The van der Waals surface area contributed by atoms with Gasteiger partial charge in [-0.25, -0.2) is 0 Å². The van der Waals surface area contributed by atoms with Gasteiger partial charge in [-0.05, 0) is 49.8 Å². The van der Waals surface area contributed by atoms with E-state index in [2.05, 4.69) is 42.0 Å². The Kier molecular flexibility index (Phi) is 17.3. The molecule has 0 N–H and O–H groups in total. The molecule has 1 aliphatic carbocycles. The number of rotatable bonds is 3. The zero-order valence-corrected chi connectivity index (χ0v) is 16.2. The normalized spacial score (nSPS) is 11.0. The molecule has 0 saturated heterocycles. The number of benzene rings is 1. The fourth-order valence-electron chi connectivity index (χ4n) is 2.11. The van der Waals surface area contributed by atoms with Gasteiger partial charge in [-0.1, -0.05) is 65.0 Å². The maximum atomic E-state index is 10.4. The third-order valence-electron chi connectivity index (χ3n) is 3.07. The number of hydrogen-bond donors (Lipinski definition) is 0. The second kappa shape index (κ2) is 16.8. The Morgan fingerprint density at radius 1 is 1.09 bits per heavy atom. The van der Waals surface area contributed by atoms with Gasteiger partial charge in [0.2, 0.25) is 0 Å². The number of esters is 1. The second-order valence-corrected chi connectivity index (χ2v) is 4.64. The highest BCUT2D eigenvalue weighted by molar-refractivity contribution is 5.69. The molecule has 132 valence electrons. The summed E-state index contributed by atoms with van der Waals surface area (Å²) >= 11 is 0. The Morgan fingerprint density at radius 3 is 2.22 bits per heavy atom. The minimum atomic E-state index is -0.0880. The molecule has 0 atom stereocenters. The predicted molar refractivity (Wildman–Crippen MR) is 103 cm³/mol. The van der Waals surface area contributed by atoms with Crippen LogP contribution >= 0.6 is 0 Å². The minimum Gasteiger partial charge on any atom is -0.466 e. The molecule has 0 aliphatic heterocycles. The van der Waals surface area contributed by atoms with Crippen LogP contribution in [-0.2, 0) is 16.0 Å². The average Bonchev–Trinajstić information content (AvgIpc) is 2.60. The molecule has 0 spiro atoms. The number of fused-ring (bicyclic) bond motifs is 1. The van der Waals surface area contributed by atoms with Crippen LogP contribution in [0.3, 0.4) is 0 Å². The Labute approximate surface area is 144 Å². The SMILES string of the molecule is CC.CC.CC1=CCCc2ccccc21.CCCC(=O)OCC. The molecule has 1 aromatic rings. The van der Waals surface area contributed by atoms with E-state index in [0.717, 1.165) is 6.42 Å². The van der Waals surface area contributed by atoms with Crippen LogP contribution in [0.25, 0.3) is 5.57 Å². The number of aryl methyl sites for hydroxylation is 1. The molecule has 2 rings (SSSR count). The van der Waals surface area contributed by atoms with Gasteiger partial charge in [-0.15, -0.1) is 0 Å². The van der Waals surface area contributed by atoms with E-state index in [9.17, 15) is 4.79 Å². The number of carbonyl (C=O) groups excluding carboxylic acids is 1. The second-order valence-electron chi connectivity index (χ2n) is 4.64. The smallest absolute Gasteiger partial charge is 0.305 e. The van der Waals surface area contributed by atoms with Crippen LogP contribution in [0, 0.1) is 0 Å². The van der Waals surface area contributed by atoms with E-state index in [1.165, 1.54) is 29.5 Å². The molecule has 0 amide bonds. The highest BCUT2D eigenvalue weighted by atomic mass is 16.5. The molecule has 0 fully saturated rings. The molecule has 0 heterocycles. The highest BCUT2D eigenvalue weighted by Gasteiger charge is 2.06. The maximum Gasteiger partial charge on any atom is 0.305 e. The van der Waals surface area contributed by atoms with Gasteiger partial charge in [-0.3, -0.25) is 4.79 Å². The van der Waals surface area contributed by atoms with Crippen LogP contribution in [0.1, 0.15) is 78.9 Å². The minimum absolute atomic E-state index is 0.0880. The lowest BCUT2D eigenvalue weighted by Gasteiger charge is -2.13. The molecule has 1 aliphatic rings. The number of hydrogen-bond acceptors (Lipinski definition) is 2. The van der Waals surface area contributed by atoms with Crippen molar-refractivity contribution in [1.82, 2.24) is 0 Å². The zero-order chi connectivity index (χ0) is 18.1. The molecule has 0 radical (unpaired) electrons. The summed E-state index contributed by atoms with van der Waals surface area (Å²) in [5, 5.41) is 0. The first-order chi connectivity index (χ1) is 11.2. The van der Waals surface area contributed by atoms with E-state index < -0.39 is 0 Å². The topological polar surface area (TPSA) is 26.3 Å². The third kappa shape index (κ3) is 10.7. The van der Waals surface area contributed by atoms with Crippen LogP contribution < -0.4 is 0 Å². The van der Waals surface area contributed by atoms with Gasteiger partial charge < -0.3 is 4.74 Å². The molecular weight excluding hydrogens is 284 g/mol. The summed E-state index contributed by atoms with van der Waals surface area (Å²) in [6.45, 7) is 14.5. The molecule has 2 heteroatoms. The standard InChI is InChI=1S/C11H12.C6H12O2.2C2H6/c1-9-5-4-7-10-6-2-3-8-11(9)10;1-3-5-6(7)8-4-2;2*1-2/h2-3,5-6,8H,4,7H2,1H3;3-5H2,1-2H3;2*1-2H3. The molecule has 2 nitrogen and oxygen atoms in total. The van der Waals surface area contributed by atoms with Crippen LogP contribution in [0.5, 0.6) is 0 Å². The number of carbonyl (C=O) groups is 1. The summed E-state index contributed by atoms with van der Waals surface area (Å²) < 4.78 is 4.64. The van der Waals surface area contributed by atoms with Crippen molar-refractivity contribution in [3.63, 3.8) is 0 Å². The van der Waals surface area contributed by atoms with E-state index in [1.54, 1.807) is 0 Å². The summed E-state index contributed by atoms with van der Waals surface area (Å²) in [7, 11) is 0. The lowest BCUT2D eigenvalue weighted by molar-refractivity contribution is -0.143. The summed E-state index contributed by atoms with van der Waals surface area (Å²) in [6.07, 6.45) is 6.17. The van der Waals surface area contributed by atoms with Crippen molar-refractivity contribution < 1.29 is 9.53 Å². The monoisotopic (exact) mass is 320 g/mol. The van der Waals surface area contributed by atoms with Gasteiger partial charge in [0.05, 0.1) is 6.61 Å². The Bertz CT molecular complexity index is 425. The van der Waals surface area contributed by atoms with E-state index in [0.29, 0.717) is 13.0 Å². The van der Waals surface area contributed by atoms with E-state index >= 15 is 0 Å². The van der Waals surface area contributed by atoms with Crippen molar-refractivity contribution in [3.8, 4) is 0 Å². The van der Waals surface area contributed by atoms with E-state index in [4.69, 9.17) is 0 Å². The molecule has 1 aromatic carbocycles. The zero-order valence-electron chi connectivity index (χ0n) is 16.2. The molecule has 23 heavy (non-hydrogen) atoms. The van der Waals surface area contributed by atoms with Gasteiger partial charge in [0.1, 0.15) is 0 Å². The Morgan fingerprint density at radius 2 is 1.70 bits per heavy atom. The van der Waals surface area contributed by atoms with Gasteiger partial charge in [-0.2, -0.15) is 0 Å². The van der Waals surface area contributed by atoms with E-state index in [1.807, 2.05) is 41.5 Å². The van der Waals surface area contributed by atoms with Crippen molar-refractivity contribution in [1.29, 1.82) is 0 Å². The first-order valence-corrected chi connectivity index (χ1v) is 9.09. The number of ether oxygens (including phenoxy) is 1. The first-order valence-electron chi connectivity index (χ1n) is 9.09. The third-order valence-corrected chi connectivity index (χ3v) is 3.07. The molecule has 0 bridgehead atoms. The molecule has 0 saturated carbocycles. The van der Waals surface area contributed by atoms with Crippen molar-refractivity contribution in [3.05, 3.63) is 41.5 Å². The number of allylic oxidation sites excluding steroid dienone is 2. The van der Waals surface area contributed by atoms with E-state index in [-0.39, 0.29) is 5.97 Å². The predicted octanol–water partition coefficient (Wildman–Crippen LogP) is 6.44. The lowest BCUT2D eigenvalue weighted by Crippen LogP contribution is -2.01.